The number of rotatable bonds is 10. The van der Waals surface area contributed by atoms with Crippen molar-refractivity contribution in [3.8, 4) is 0 Å². The summed E-state index contributed by atoms with van der Waals surface area (Å²) in [6.45, 7) is 1.44. The van der Waals surface area contributed by atoms with Gasteiger partial charge in [-0.2, -0.15) is 0 Å². The van der Waals surface area contributed by atoms with Crippen molar-refractivity contribution in [2.24, 2.45) is 5.41 Å². The summed E-state index contributed by atoms with van der Waals surface area (Å²) < 4.78 is 14.9. The molecule has 0 aliphatic carbocycles. The van der Waals surface area contributed by atoms with Gasteiger partial charge in [0.2, 0.25) is 0 Å². The summed E-state index contributed by atoms with van der Waals surface area (Å²) in [7, 11) is 0. The molecule has 0 saturated heterocycles. The van der Waals surface area contributed by atoms with Gasteiger partial charge in [-0.3, -0.25) is 14.4 Å². The van der Waals surface area contributed by atoms with Crippen LogP contribution in [0.2, 0.25) is 0 Å². The Bertz CT molecular complexity index is 311. The van der Waals surface area contributed by atoms with Crippen LogP contribution in [0.25, 0.3) is 0 Å². The highest BCUT2D eigenvalue weighted by Gasteiger charge is 2.34. The molecule has 0 aromatic rings. The third-order valence-corrected chi connectivity index (χ3v) is 3.35. The third kappa shape index (κ3) is 8.34. The van der Waals surface area contributed by atoms with Crippen LogP contribution in [-0.4, -0.2) is 55.4 Å². The summed E-state index contributed by atoms with van der Waals surface area (Å²) >= 11 is 16.0. The van der Waals surface area contributed by atoms with Crippen molar-refractivity contribution in [1.29, 1.82) is 0 Å². The quantitative estimate of drug-likeness (QED) is 0.334. The number of halogens is 3. The Morgan fingerprint density at radius 1 is 0.762 bits per heavy atom. The fourth-order valence-corrected chi connectivity index (χ4v) is 1.48. The zero-order chi connectivity index (χ0) is 16.3. The maximum atomic E-state index is 11.2. The molecule has 0 aliphatic rings. The third-order valence-electron chi connectivity index (χ3n) is 2.70. The van der Waals surface area contributed by atoms with Gasteiger partial charge in [0.25, 0.3) is 0 Å². The molecule has 9 heteroatoms. The maximum absolute atomic E-state index is 11.2. The van der Waals surface area contributed by atoms with Gasteiger partial charge in [0, 0.05) is 0 Å². The number of ether oxygens (including phenoxy) is 3. The van der Waals surface area contributed by atoms with Crippen molar-refractivity contribution < 1.29 is 28.6 Å². The highest BCUT2D eigenvalue weighted by molar-refractivity contribution is 6.27. The topological polar surface area (TPSA) is 78.9 Å². The Hall–Kier alpha value is -0.720. The van der Waals surface area contributed by atoms with Gasteiger partial charge >= 0.3 is 17.9 Å². The van der Waals surface area contributed by atoms with E-state index in [1.165, 1.54) is 0 Å². The second-order valence-corrected chi connectivity index (χ2v) is 5.04. The standard InChI is InChI=1S/C12H17Cl3O6/c1-2-12(6-19-9(16)3-13,7-20-10(17)4-14)8-21-11(18)5-15/h2-8H2,1H3. The molecule has 6 nitrogen and oxygen atoms in total. The molecule has 0 fully saturated rings. The highest BCUT2D eigenvalue weighted by Crippen LogP contribution is 2.24. The van der Waals surface area contributed by atoms with Gasteiger partial charge in [0.15, 0.2) is 0 Å². The molecule has 122 valence electrons. The van der Waals surface area contributed by atoms with Crippen LogP contribution in [0.3, 0.4) is 0 Å². The van der Waals surface area contributed by atoms with Gasteiger partial charge in [0.05, 0.1) is 5.41 Å². The highest BCUT2D eigenvalue weighted by atomic mass is 35.5. The fraction of sp³-hybridized carbons (Fsp3) is 0.750. The molecule has 0 aromatic heterocycles. The van der Waals surface area contributed by atoms with Crippen LogP contribution in [0.4, 0.5) is 0 Å². The fourth-order valence-electron chi connectivity index (χ4n) is 1.25. The van der Waals surface area contributed by atoms with Crippen molar-refractivity contribution in [2.75, 3.05) is 37.5 Å². The van der Waals surface area contributed by atoms with Crippen molar-refractivity contribution in [1.82, 2.24) is 0 Å². The molecular formula is C12H17Cl3O6. The zero-order valence-electron chi connectivity index (χ0n) is 11.5. The van der Waals surface area contributed by atoms with Crippen molar-refractivity contribution >= 4 is 52.7 Å². The lowest BCUT2D eigenvalue weighted by Crippen LogP contribution is -2.39. The molecule has 0 atom stereocenters. The number of hydrogen-bond acceptors (Lipinski definition) is 6. The first-order chi connectivity index (χ1) is 9.92. The van der Waals surface area contributed by atoms with E-state index in [4.69, 9.17) is 49.0 Å². The van der Waals surface area contributed by atoms with E-state index in [2.05, 4.69) is 0 Å². The Morgan fingerprint density at radius 2 is 1.05 bits per heavy atom. The molecule has 0 radical (unpaired) electrons. The van der Waals surface area contributed by atoms with Crippen LogP contribution in [0.5, 0.6) is 0 Å². The monoisotopic (exact) mass is 362 g/mol. The Balaban J connectivity index is 4.76. The number of carbonyl (C=O) groups excluding carboxylic acids is 3. The summed E-state index contributed by atoms with van der Waals surface area (Å²) in [5.41, 5.74) is -0.870. The molecule has 0 N–H and O–H groups in total. The molecule has 0 rings (SSSR count). The largest absolute Gasteiger partial charge is 0.464 e. The molecule has 0 aromatic carbocycles. The van der Waals surface area contributed by atoms with E-state index >= 15 is 0 Å². The first-order valence-electron chi connectivity index (χ1n) is 6.07. The first kappa shape index (κ1) is 20.3. The molecule has 0 bridgehead atoms. The van der Waals surface area contributed by atoms with Crippen molar-refractivity contribution in [3.05, 3.63) is 0 Å². The van der Waals surface area contributed by atoms with Crippen LogP contribution in [-0.2, 0) is 28.6 Å². The summed E-state index contributed by atoms with van der Waals surface area (Å²) in [6, 6.07) is 0. The van der Waals surface area contributed by atoms with Gasteiger partial charge in [-0.1, -0.05) is 6.92 Å². The van der Waals surface area contributed by atoms with Crippen LogP contribution in [0.1, 0.15) is 13.3 Å². The van der Waals surface area contributed by atoms with Gasteiger partial charge in [-0.05, 0) is 6.42 Å². The normalized spacial score (nSPS) is 10.9. The summed E-state index contributed by atoms with van der Waals surface area (Å²) in [4.78, 5) is 33.5. The predicted octanol–water partition coefficient (Wildman–Crippen LogP) is 1.73. The SMILES string of the molecule is CCC(COC(=O)CCl)(COC(=O)CCl)COC(=O)CCl. The predicted molar refractivity (Wildman–Crippen MR) is 77.8 cm³/mol. The lowest BCUT2D eigenvalue weighted by Gasteiger charge is -2.30. The summed E-state index contributed by atoms with van der Waals surface area (Å²) in [6.07, 6.45) is 0.424. The number of hydrogen-bond donors (Lipinski definition) is 0. The molecule has 0 aliphatic heterocycles. The first-order valence-corrected chi connectivity index (χ1v) is 7.68. The van der Waals surface area contributed by atoms with E-state index in [1.54, 1.807) is 6.92 Å². The van der Waals surface area contributed by atoms with E-state index in [9.17, 15) is 14.4 Å². The lowest BCUT2D eigenvalue weighted by atomic mass is 9.88. The number of alkyl halides is 3. The average molecular weight is 364 g/mol. The maximum Gasteiger partial charge on any atom is 0.320 e. The Morgan fingerprint density at radius 3 is 1.24 bits per heavy atom. The van der Waals surface area contributed by atoms with Gasteiger partial charge in [-0.15, -0.1) is 34.8 Å². The molecule has 21 heavy (non-hydrogen) atoms. The van der Waals surface area contributed by atoms with Gasteiger partial charge < -0.3 is 14.2 Å². The summed E-state index contributed by atoms with van der Waals surface area (Å²) in [5, 5.41) is 0. The molecule has 0 saturated carbocycles. The second-order valence-electron chi connectivity index (χ2n) is 4.24. The smallest absolute Gasteiger partial charge is 0.320 e. The van der Waals surface area contributed by atoms with Crippen LogP contribution in [0, 0.1) is 5.41 Å². The zero-order valence-corrected chi connectivity index (χ0v) is 13.8. The lowest BCUT2D eigenvalue weighted by molar-refractivity contribution is -0.159. The van der Waals surface area contributed by atoms with E-state index < -0.39 is 23.3 Å². The van der Waals surface area contributed by atoms with Crippen LogP contribution >= 0.6 is 34.8 Å². The molecule has 0 spiro atoms. The second kappa shape index (κ2) is 10.9. The van der Waals surface area contributed by atoms with Crippen LogP contribution < -0.4 is 0 Å². The minimum absolute atomic E-state index is 0.111. The van der Waals surface area contributed by atoms with Gasteiger partial charge in [-0.25, -0.2) is 0 Å². The number of esters is 3. The van der Waals surface area contributed by atoms with Crippen LogP contribution in [0.15, 0.2) is 0 Å². The van der Waals surface area contributed by atoms with E-state index in [-0.39, 0.29) is 37.5 Å². The van der Waals surface area contributed by atoms with Crippen molar-refractivity contribution in [3.63, 3.8) is 0 Å². The van der Waals surface area contributed by atoms with Gasteiger partial charge in [0.1, 0.15) is 37.5 Å². The minimum Gasteiger partial charge on any atom is -0.464 e. The summed E-state index contributed by atoms with van der Waals surface area (Å²) in [5.74, 6) is -2.78. The number of carbonyl (C=O) groups is 3. The molecular weight excluding hydrogens is 346 g/mol. The Kier molecular flexibility index (Phi) is 10.6. The Labute approximate surface area is 137 Å². The van der Waals surface area contributed by atoms with E-state index in [0.717, 1.165) is 0 Å². The van der Waals surface area contributed by atoms with Crippen molar-refractivity contribution in [2.45, 2.75) is 13.3 Å². The average Bonchev–Trinajstić information content (AvgIpc) is 2.53. The molecule has 0 heterocycles. The van der Waals surface area contributed by atoms with E-state index in [1.807, 2.05) is 0 Å². The minimum atomic E-state index is -0.870. The molecule has 0 amide bonds. The molecule has 0 unspecified atom stereocenters. The van der Waals surface area contributed by atoms with E-state index in [0.29, 0.717) is 6.42 Å².